The van der Waals surface area contributed by atoms with Gasteiger partial charge in [-0.1, -0.05) is 0 Å². The van der Waals surface area contributed by atoms with E-state index in [-0.39, 0.29) is 12.3 Å². The quantitative estimate of drug-likeness (QED) is 0.495. The number of hydrazone groups is 1. The molecule has 1 aliphatic heterocycles. The number of nitrogens with zero attached hydrogens (tertiary/aromatic N) is 1. The average Bonchev–Trinajstić information content (AvgIpc) is 2.12. The van der Waals surface area contributed by atoms with Crippen LogP contribution in [0.1, 0.15) is 13.8 Å². The normalized spacial score (nSPS) is 25.9. The molecule has 0 aliphatic carbocycles. The van der Waals surface area contributed by atoms with Crippen LogP contribution >= 0.6 is 0 Å². The number of carbonyl (C=O) groups excluding carboxylic acids is 2. The lowest BCUT2D eigenvalue weighted by Crippen LogP contribution is -2.64. The van der Waals surface area contributed by atoms with Crippen molar-refractivity contribution >= 4 is 17.7 Å². The lowest BCUT2D eigenvalue weighted by molar-refractivity contribution is -0.159. The molecule has 0 fully saturated rings. The van der Waals surface area contributed by atoms with Gasteiger partial charge < -0.3 is 9.84 Å². The van der Waals surface area contributed by atoms with Crippen molar-refractivity contribution in [3.63, 3.8) is 0 Å². The van der Waals surface area contributed by atoms with Crippen LogP contribution in [-0.2, 0) is 9.53 Å². The second-order valence-corrected chi connectivity index (χ2v) is 2.69. The van der Waals surface area contributed by atoms with Gasteiger partial charge in [-0.2, -0.15) is 5.10 Å². The van der Waals surface area contributed by atoms with Gasteiger partial charge >= 0.3 is 12.0 Å². The minimum Gasteiger partial charge on any atom is -0.462 e. The van der Waals surface area contributed by atoms with Gasteiger partial charge in [0.15, 0.2) is 0 Å². The van der Waals surface area contributed by atoms with Gasteiger partial charge in [0, 0.05) is 0 Å². The zero-order valence-electron chi connectivity index (χ0n) is 7.83. The highest BCUT2D eigenvalue weighted by Crippen LogP contribution is 2.09. The van der Waals surface area contributed by atoms with E-state index in [2.05, 4.69) is 15.3 Å². The van der Waals surface area contributed by atoms with Crippen LogP contribution in [0, 0.1) is 0 Å². The van der Waals surface area contributed by atoms with E-state index in [4.69, 9.17) is 0 Å². The van der Waals surface area contributed by atoms with Gasteiger partial charge in [0.05, 0.1) is 12.3 Å². The number of urea groups is 1. The molecule has 1 heterocycles. The van der Waals surface area contributed by atoms with E-state index in [1.807, 2.05) is 5.32 Å². The number of hydrogen-bond donors (Lipinski definition) is 3. The minimum absolute atomic E-state index is 0.0237. The standard InChI is InChI=1S/C7H11N3O4/c1-3-14-5(11)7(13)4(2)9-10-6(12)8-7/h13H,3H2,1-2H3,(H2,8,10,12). The first kappa shape index (κ1) is 10.5. The fourth-order valence-electron chi connectivity index (χ4n) is 0.933. The predicted molar refractivity (Wildman–Crippen MR) is 46.4 cm³/mol. The van der Waals surface area contributed by atoms with Crippen LogP contribution in [0.25, 0.3) is 0 Å². The van der Waals surface area contributed by atoms with Crippen LogP contribution < -0.4 is 10.7 Å². The van der Waals surface area contributed by atoms with Crippen molar-refractivity contribution in [2.45, 2.75) is 19.6 Å². The van der Waals surface area contributed by atoms with Crippen molar-refractivity contribution in [2.75, 3.05) is 6.61 Å². The molecule has 0 spiro atoms. The van der Waals surface area contributed by atoms with Crippen LogP contribution in [0.5, 0.6) is 0 Å². The summed E-state index contributed by atoms with van der Waals surface area (Å²) in [6.07, 6.45) is 0. The summed E-state index contributed by atoms with van der Waals surface area (Å²) in [5.41, 5.74) is -0.0767. The third kappa shape index (κ3) is 1.67. The molecule has 1 atom stereocenters. The first-order chi connectivity index (χ1) is 6.50. The third-order valence-corrected chi connectivity index (χ3v) is 1.71. The molecule has 14 heavy (non-hydrogen) atoms. The van der Waals surface area contributed by atoms with Gasteiger partial charge in [0.1, 0.15) is 0 Å². The highest BCUT2D eigenvalue weighted by atomic mass is 16.6. The maximum atomic E-state index is 11.3. The number of carbonyl (C=O) groups is 2. The van der Waals surface area contributed by atoms with Gasteiger partial charge in [-0.05, 0) is 13.8 Å². The molecule has 1 unspecified atom stereocenters. The fraction of sp³-hybridized carbons (Fsp3) is 0.571. The molecule has 78 valence electrons. The summed E-state index contributed by atoms with van der Waals surface area (Å²) < 4.78 is 4.59. The first-order valence-corrected chi connectivity index (χ1v) is 4.03. The van der Waals surface area contributed by atoms with Gasteiger partial charge in [0.2, 0.25) is 0 Å². The second-order valence-electron chi connectivity index (χ2n) is 2.69. The molecule has 0 saturated carbocycles. The van der Waals surface area contributed by atoms with Gasteiger partial charge in [0.25, 0.3) is 5.72 Å². The summed E-state index contributed by atoms with van der Waals surface area (Å²) in [6.45, 7) is 3.09. The topological polar surface area (TPSA) is 100 Å². The Labute approximate surface area is 80.1 Å². The average molecular weight is 201 g/mol. The van der Waals surface area contributed by atoms with E-state index in [1.165, 1.54) is 6.92 Å². The van der Waals surface area contributed by atoms with Crippen LogP contribution in [-0.4, -0.2) is 35.2 Å². The maximum absolute atomic E-state index is 11.3. The summed E-state index contributed by atoms with van der Waals surface area (Å²) in [5.74, 6) is -0.948. The fourth-order valence-corrected chi connectivity index (χ4v) is 0.933. The zero-order valence-corrected chi connectivity index (χ0v) is 7.83. The maximum Gasteiger partial charge on any atom is 0.366 e. The lowest BCUT2D eigenvalue weighted by atomic mass is 10.1. The summed E-state index contributed by atoms with van der Waals surface area (Å²) >= 11 is 0. The summed E-state index contributed by atoms with van der Waals surface area (Å²) in [6, 6.07) is -0.758. The third-order valence-electron chi connectivity index (χ3n) is 1.71. The van der Waals surface area contributed by atoms with Crippen molar-refractivity contribution in [3.8, 4) is 0 Å². The highest BCUT2D eigenvalue weighted by molar-refractivity contribution is 6.11. The van der Waals surface area contributed by atoms with Crippen molar-refractivity contribution in [1.29, 1.82) is 0 Å². The molecule has 0 aromatic carbocycles. The predicted octanol–water partition coefficient (Wildman–Crippen LogP) is -1.07. The molecule has 2 amide bonds. The van der Waals surface area contributed by atoms with Crippen LogP contribution in [0.3, 0.4) is 0 Å². The number of aliphatic hydroxyl groups is 1. The van der Waals surface area contributed by atoms with Crippen LogP contribution in [0.4, 0.5) is 4.79 Å². The Hall–Kier alpha value is -1.63. The second kappa shape index (κ2) is 3.62. The van der Waals surface area contributed by atoms with E-state index < -0.39 is 17.7 Å². The number of rotatable bonds is 2. The molecule has 0 saturated heterocycles. The van der Waals surface area contributed by atoms with Crippen LogP contribution in [0.15, 0.2) is 5.10 Å². The molecule has 0 bridgehead atoms. The zero-order chi connectivity index (χ0) is 10.8. The van der Waals surface area contributed by atoms with Gasteiger partial charge in [-0.15, -0.1) is 0 Å². The van der Waals surface area contributed by atoms with Gasteiger partial charge in [-0.3, -0.25) is 5.32 Å². The Morgan fingerprint density at radius 2 is 2.36 bits per heavy atom. The molecule has 7 heteroatoms. The lowest BCUT2D eigenvalue weighted by Gasteiger charge is -2.28. The van der Waals surface area contributed by atoms with Crippen molar-refractivity contribution in [1.82, 2.24) is 10.7 Å². The molecule has 3 N–H and O–H groups in total. The monoisotopic (exact) mass is 201 g/mol. The largest absolute Gasteiger partial charge is 0.462 e. The molecule has 1 rings (SSSR count). The first-order valence-electron chi connectivity index (χ1n) is 4.03. The van der Waals surface area contributed by atoms with Crippen molar-refractivity contribution in [2.24, 2.45) is 5.10 Å². The van der Waals surface area contributed by atoms with Gasteiger partial charge in [-0.25, -0.2) is 15.0 Å². The van der Waals surface area contributed by atoms with E-state index >= 15 is 0 Å². The SMILES string of the molecule is CCOC(=O)C1(O)NC(=O)NN=C1C. The summed E-state index contributed by atoms with van der Waals surface area (Å²) in [7, 11) is 0. The Morgan fingerprint density at radius 1 is 1.71 bits per heavy atom. The summed E-state index contributed by atoms with van der Waals surface area (Å²) in [5, 5.41) is 15.2. The van der Waals surface area contributed by atoms with Crippen LogP contribution in [0.2, 0.25) is 0 Å². The molecule has 0 aromatic heterocycles. The molecular formula is C7H11N3O4. The number of hydrogen-bond acceptors (Lipinski definition) is 5. The highest BCUT2D eigenvalue weighted by Gasteiger charge is 2.45. The molecule has 7 nitrogen and oxygen atoms in total. The molecule has 0 aromatic rings. The van der Waals surface area contributed by atoms with E-state index in [1.54, 1.807) is 6.92 Å². The van der Waals surface area contributed by atoms with Crippen molar-refractivity contribution in [3.05, 3.63) is 0 Å². The number of esters is 1. The molecular weight excluding hydrogens is 190 g/mol. The smallest absolute Gasteiger partial charge is 0.366 e. The number of nitrogens with one attached hydrogen (secondary N) is 2. The minimum atomic E-state index is -2.15. The van der Waals surface area contributed by atoms with E-state index in [9.17, 15) is 14.7 Å². The van der Waals surface area contributed by atoms with Crippen molar-refractivity contribution < 1.29 is 19.4 Å². The van der Waals surface area contributed by atoms with E-state index in [0.29, 0.717) is 0 Å². The molecule has 0 radical (unpaired) electrons. The van der Waals surface area contributed by atoms with E-state index in [0.717, 1.165) is 0 Å². The Kier molecular flexibility index (Phi) is 2.70. The Morgan fingerprint density at radius 3 is 2.93 bits per heavy atom. The molecule has 1 aliphatic rings. The Bertz CT molecular complexity index is 301. The number of amides is 2. The Balaban J connectivity index is 2.91. The number of ether oxygens (including phenoxy) is 1. The summed E-state index contributed by atoms with van der Waals surface area (Å²) in [4.78, 5) is 22.1.